The highest BCUT2D eigenvalue weighted by molar-refractivity contribution is 7.13. The largest absolute Gasteiger partial charge is 0.481 e. The lowest BCUT2D eigenvalue weighted by molar-refractivity contribution is -0.136. The zero-order valence-corrected chi connectivity index (χ0v) is 10.5. The average molecular weight is 242 g/mol. The number of carboxylic acid groups (broad SMARTS) is 1. The summed E-state index contributed by atoms with van der Waals surface area (Å²) in [5.41, 5.74) is 0.860. The standard InChI is InChI=1S/C11H18N2O2S/c1-3-8(2)6-12-11-13-9(7-16-11)4-5-10(14)15/h7-8H,3-6H2,1-2H3,(H,12,13)(H,14,15). The summed E-state index contributed by atoms with van der Waals surface area (Å²) in [4.78, 5) is 14.7. The molecule has 1 atom stereocenters. The summed E-state index contributed by atoms with van der Waals surface area (Å²) in [6, 6.07) is 0. The van der Waals surface area contributed by atoms with Crippen LogP contribution in [0.2, 0.25) is 0 Å². The van der Waals surface area contributed by atoms with Gasteiger partial charge >= 0.3 is 5.97 Å². The van der Waals surface area contributed by atoms with Crippen LogP contribution < -0.4 is 5.32 Å². The molecule has 1 heterocycles. The molecule has 0 fully saturated rings. The second-order valence-electron chi connectivity index (χ2n) is 3.93. The van der Waals surface area contributed by atoms with E-state index in [4.69, 9.17) is 5.11 Å². The summed E-state index contributed by atoms with van der Waals surface area (Å²) >= 11 is 1.54. The van der Waals surface area contributed by atoms with Gasteiger partial charge in [-0.15, -0.1) is 11.3 Å². The maximum Gasteiger partial charge on any atom is 0.303 e. The Balaban J connectivity index is 2.36. The van der Waals surface area contributed by atoms with Crippen molar-refractivity contribution < 1.29 is 9.90 Å². The second-order valence-corrected chi connectivity index (χ2v) is 4.79. The third-order valence-corrected chi connectivity index (χ3v) is 3.29. The van der Waals surface area contributed by atoms with Crippen LogP contribution in [0.1, 0.15) is 32.4 Å². The lowest BCUT2D eigenvalue weighted by Crippen LogP contribution is -2.10. The Labute approximate surface area is 99.7 Å². The molecule has 0 spiro atoms. The second kappa shape index (κ2) is 6.48. The number of aryl methyl sites for hydroxylation is 1. The smallest absolute Gasteiger partial charge is 0.303 e. The number of nitrogens with zero attached hydrogens (tertiary/aromatic N) is 1. The van der Waals surface area contributed by atoms with Gasteiger partial charge in [-0.05, 0) is 5.92 Å². The number of rotatable bonds is 7. The first-order valence-corrected chi connectivity index (χ1v) is 6.39. The van der Waals surface area contributed by atoms with Gasteiger partial charge in [0.1, 0.15) is 0 Å². The first-order valence-electron chi connectivity index (χ1n) is 5.52. The molecule has 0 saturated heterocycles. The molecule has 0 aromatic carbocycles. The summed E-state index contributed by atoms with van der Waals surface area (Å²) in [5.74, 6) is -0.145. The van der Waals surface area contributed by atoms with Crippen molar-refractivity contribution in [3.05, 3.63) is 11.1 Å². The molecule has 0 aliphatic carbocycles. The van der Waals surface area contributed by atoms with Crippen molar-refractivity contribution in [2.75, 3.05) is 11.9 Å². The summed E-state index contributed by atoms with van der Waals surface area (Å²) in [5, 5.41) is 14.6. The van der Waals surface area contributed by atoms with Crippen LogP contribution in [0.3, 0.4) is 0 Å². The lowest BCUT2D eigenvalue weighted by atomic mass is 10.1. The van der Waals surface area contributed by atoms with Gasteiger partial charge in [-0.2, -0.15) is 0 Å². The highest BCUT2D eigenvalue weighted by Crippen LogP contribution is 2.17. The van der Waals surface area contributed by atoms with Gasteiger partial charge in [0.15, 0.2) is 5.13 Å². The number of thiazole rings is 1. The van der Waals surface area contributed by atoms with Crippen LogP contribution in [0, 0.1) is 5.92 Å². The Bertz CT molecular complexity index is 338. The van der Waals surface area contributed by atoms with Crippen LogP contribution in [0.5, 0.6) is 0 Å². The molecule has 0 aliphatic rings. The van der Waals surface area contributed by atoms with Gasteiger partial charge < -0.3 is 10.4 Å². The molecule has 0 saturated carbocycles. The molecule has 2 N–H and O–H groups in total. The predicted molar refractivity (Wildman–Crippen MR) is 66.0 cm³/mol. The Kier molecular flexibility index (Phi) is 5.25. The van der Waals surface area contributed by atoms with Gasteiger partial charge in [0.25, 0.3) is 0 Å². The van der Waals surface area contributed by atoms with Crippen LogP contribution in [-0.4, -0.2) is 22.6 Å². The van der Waals surface area contributed by atoms with E-state index in [1.807, 2.05) is 5.38 Å². The number of aromatic nitrogens is 1. The van der Waals surface area contributed by atoms with Crippen LogP contribution in [0.25, 0.3) is 0 Å². The van der Waals surface area contributed by atoms with Crippen molar-refractivity contribution in [1.29, 1.82) is 0 Å². The van der Waals surface area contributed by atoms with Crippen molar-refractivity contribution in [2.45, 2.75) is 33.1 Å². The third-order valence-electron chi connectivity index (χ3n) is 2.45. The molecule has 4 nitrogen and oxygen atoms in total. The Morgan fingerprint density at radius 1 is 1.69 bits per heavy atom. The number of carboxylic acids is 1. The van der Waals surface area contributed by atoms with E-state index in [-0.39, 0.29) is 6.42 Å². The minimum absolute atomic E-state index is 0.147. The van der Waals surface area contributed by atoms with Gasteiger partial charge in [0, 0.05) is 18.3 Å². The fourth-order valence-electron chi connectivity index (χ4n) is 1.14. The van der Waals surface area contributed by atoms with Crippen LogP contribution in [0.4, 0.5) is 5.13 Å². The van der Waals surface area contributed by atoms with E-state index in [9.17, 15) is 4.79 Å². The van der Waals surface area contributed by atoms with Crippen LogP contribution >= 0.6 is 11.3 Å². The van der Waals surface area contributed by atoms with Crippen LogP contribution in [0.15, 0.2) is 5.38 Å². The molecule has 0 bridgehead atoms. The van der Waals surface area contributed by atoms with E-state index in [0.29, 0.717) is 12.3 Å². The maximum atomic E-state index is 10.4. The van der Waals surface area contributed by atoms with Crippen molar-refractivity contribution in [2.24, 2.45) is 5.92 Å². The summed E-state index contributed by atoms with van der Waals surface area (Å²) in [7, 11) is 0. The molecule has 0 radical (unpaired) electrons. The molecule has 90 valence electrons. The molecule has 1 aromatic heterocycles. The van der Waals surface area contributed by atoms with Gasteiger partial charge in [0.05, 0.1) is 12.1 Å². The van der Waals surface area contributed by atoms with Crippen molar-refractivity contribution >= 4 is 22.4 Å². The van der Waals surface area contributed by atoms with Crippen molar-refractivity contribution in [1.82, 2.24) is 4.98 Å². The predicted octanol–water partition coefficient (Wildman–Crippen LogP) is 2.62. The molecule has 0 amide bonds. The number of nitrogens with one attached hydrogen (secondary N) is 1. The number of aliphatic carboxylic acids is 1. The minimum atomic E-state index is -0.776. The quantitative estimate of drug-likeness (QED) is 0.771. The lowest BCUT2D eigenvalue weighted by Gasteiger charge is -2.08. The van der Waals surface area contributed by atoms with E-state index >= 15 is 0 Å². The Morgan fingerprint density at radius 2 is 2.44 bits per heavy atom. The fourth-order valence-corrected chi connectivity index (χ4v) is 1.90. The molecular weight excluding hydrogens is 224 g/mol. The summed E-state index contributed by atoms with van der Waals surface area (Å²) in [6.07, 6.45) is 1.80. The number of carbonyl (C=O) groups is 1. The van der Waals surface area contributed by atoms with Gasteiger partial charge in [-0.1, -0.05) is 20.3 Å². The average Bonchev–Trinajstić information content (AvgIpc) is 2.71. The maximum absolute atomic E-state index is 10.4. The normalized spacial score (nSPS) is 12.4. The van der Waals surface area contributed by atoms with Crippen molar-refractivity contribution in [3.63, 3.8) is 0 Å². The summed E-state index contributed by atoms with van der Waals surface area (Å²) < 4.78 is 0. The zero-order valence-electron chi connectivity index (χ0n) is 9.69. The zero-order chi connectivity index (χ0) is 12.0. The molecule has 1 unspecified atom stereocenters. The Hall–Kier alpha value is -1.10. The van der Waals surface area contributed by atoms with Gasteiger partial charge in [-0.25, -0.2) is 4.98 Å². The van der Waals surface area contributed by atoms with E-state index in [1.165, 1.54) is 11.3 Å². The fraction of sp³-hybridized carbons (Fsp3) is 0.636. The number of hydrogen-bond donors (Lipinski definition) is 2. The SMILES string of the molecule is CCC(C)CNc1nc(CCC(=O)O)cs1. The molecular formula is C11H18N2O2S. The highest BCUT2D eigenvalue weighted by atomic mass is 32.1. The Morgan fingerprint density at radius 3 is 3.06 bits per heavy atom. The molecule has 5 heteroatoms. The van der Waals surface area contributed by atoms with Crippen LogP contribution in [-0.2, 0) is 11.2 Å². The first-order chi connectivity index (χ1) is 7.61. The van der Waals surface area contributed by atoms with Crippen molar-refractivity contribution in [3.8, 4) is 0 Å². The molecule has 1 rings (SSSR count). The number of anilines is 1. The van der Waals surface area contributed by atoms with Gasteiger partial charge in [-0.3, -0.25) is 4.79 Å². The van der Waals surface area contributed by atoms with E-state index < -0.39 is 5.97 Å². The topological polar surface area (TPSA) is 62.2 Å². The third kappa shape index (κ3) is 4.61. The van der Waals surface area contributed by atoms with E-state index in [0.717, 1.165) is 23.8 Å². The highest BCUT2D eigenvalue weighted by Gasteiger charge is 2.05. The van der Waals surface area contributed by atoms with Gasteiger partial charge in [0.2, 0.25) is 0 Å². The molecule has 16 heavy (non-hydrogen) atoms. The summed E-state index contributed by atoms with van der Waals surface area (Å²) in [6.45, 7) is 5.26. The molecule has 0 aliphatic heterocycles. The monoisotopic (exact) mass is 242 g/mol. The minimum Gasteiger partial charge on any atom is -0.481 e. The molecule has 1 aromatic rings. The van der Waals surface area contributed by atoms with E-state index in [1.54, 1.807) is 0 Å². The van der Waals surface area contributed by atoms with E-state index in [2.05, 4.69) is 24.1 Å². The first kappa shape index (κ1) is 13.0. The number of hydrogen-bond acceptors (Lipinski definition) is 4.